The molecule has 0 unspecified atom stereocenters. The van der Waals surface area contributed by atoms with Crippen LogP contribution in [0.1, 0.15) is 22.3 Å². The first-order chi connectivity index (χ1) is 9.15. The Hall–Kier alpha value is -1.41. The van der Waals surface area contributed by atoms with Crippen LogP contribution in [0.15, 0.2) is 41.3 Å². The molecule has 0 aliphatic carbocycles. The normalized spacial score (nSPS) is 14.4. The van der Waals surface area contributed by atoms with Gasteiger partial charge in [-0.15, -0.1) is 11.8 Å². The number of rotatable bonds is 1. The predicted molar refractivity (Wildman–Crippen MR) is 84.0 cm³/mol. The first-order valence-electron chi connectivity index (χ1n) is 6.68. The Balaban J connectivity index is 1.97. The predicted octanol–water partition coefficient (Wildman–Crippen LogP) is 4.68. The molecule has 0 N–H and O–H groups in total. The van der Waals surface area contributed by atoms with E-state index in [1.165, 1.54) is 32.8 Å². The van der Waals surface area contributed by atoms with Crippen LogP contribution in [0.2, 0.25) is 0 Å². The van der Waals surface area contributed by atoms with Crippen molar-refractivity contribution in [3.05, 3.63) is 58.7 Å². The molecule has 0 spiro atoms. The summed E-state index contributed by atoms with van der Waals surface area (Å²) in [5, 5.41) is 0. The third-order valence-corrected chi connectivity index (χ3v) is 4.99. The molecule has 2 heteroatoms. The largest absolute Gasteiger partial charge is 0.357 e. The van der Waals surface area contributed by atoms with Crippen molar-refractivity contribution in [1.82, 2.24) is 0 Å². The van der Waals surface area contributed by atoms with Gasteiger partial charge in [-0.1, -0.05) is 35.9 Å². The van der Waals surface area contributed by atoms with E-state index >= 15 is 0 Å². The molecule has 0 radical (unpaired) electrons. The zero-order valence-electron chi connectivity index (χ0n) is 11.7. The van der Waals surface area contributed by atoms with Crippen molar-refractivity contribution in [3.8, 4) is 0 Å². The van der Waals surface area contributed by atoms with Crippen LogP contribution in [0.3, 0.4) is 0 Å². The summed E-state index contributed by atoms with van der Waals surface area (Å²) in [5.41, 5.74) is 6.97. The molecule has 0 bridgehead atoms. The number of hydrogen-bond donors (Lipinski definition) is 0. The first-order valence-corrected chi connectivity index (χ1v) is 7.67. The van der Waals surface area contributed by atoms with E-state index < -0.39 is 0 Å². The molecule has 0 saturated carbocycles. The molecule has 1 heterocycles. The number of aryl methyl sites for hydroxylation is 3. The van der Waals surface area contributed by atoms with Crippen molar-refractivity contribution in [2.75, 3.05) is 10.8 Å². The molecular formula is C17H19NS. The van der Waals surface area contributed by atoms with Gasteiger partial charge in [-0.3, -0.25) is 0 Å². The molecule has 2 aromatic rings. The molecule has 0 amide bonds. The molecule has 0 saturated heterocycles. The van der Waals surface area contributed by atoms with E-state index in [0.29, 0.717) is 0 Å². The van der Waals surface area contributed by atoms with Gasteiger partial charge in [0.15, 0.2) is 0 Å². The zero-order chi connectivity index (χ0) is 13.4. The maximum absolute atomic E-state index is 2.47. The Labute approximate surface area is 119 Å². The Morgan fingerprint density at radius 3 is 2.58 bits per heavy atom. The lowest BCUT2D eigenvalue weighted by atomic mass is 10.1. The van der Waals surface area contributed by atoms with Gasteiger partial charge in [0, 0.05) is 17.1 Å². The number of thioether (sulfide) groups is 1. The minimum absolute atomic E-state index is 1.02. The highest BCUT2D eigenvalue weighted by Gasteiger charge is 2.19. The van der Waals surface area contributed by atoms with E-state index in [1.807, 2.05) is 11.8 Å². The summed E-state index contributed by atoms with van der Waals surface area (Å²) < 4.78 is 0. The van der Waals surface area contributed by atoms with Gasteiger partial charge in [0.25, 0.3) is 0 Å². The molecule has 1 aliphatic rings. The summed E-state index contributed by atoms with van der Waals surface area (Å²) in [6, 6.07) is 13.3. The topological polar surface area (TPSA) is 3.24 Å². The molecule has 1 aliphatic heterocycles. The van der Waals surface area contributed by atoms with Gasteiger partial charge < -0.3 is 4.90 Å². The molecule has 19 heavy (non-hydrogen) atoms. The van der Waals surface area contributed by atoms with Crippen LogP contribution in [0.25, 0.3) is 0 Å². The third kappa shape index (κ3) is 2.37. The van der Waals surface area contributed by atoms with Crippen LogP contribution in [0, 0.1) is 20.8 Å². The molecule has 0 fully saturated rings. The monoisotopic (exact) mass is 269 g/mol. The number of fused-ring (bicyclic) bond motifs is 1. The summed E-state index contributed by atoms with van der Waals surface area (Å²) in [5.74, 6) is 1.04. The summed E-state index contributed by atoms with van der Waals surface area (Å²) in [6.45, 7) is 7.62. The van der Waals surface area contributed by atoms with Crippen LogP contribution in [-0.2, 0) is 6.54 Å². The Kier molecular flexibility index (Phi) is 3.28. The highest BCUT2D eigenvalue weighted by Crippen LogP contribution is 2.36. The van der Waals surface area contributed by atoms with Crippen molar-refractivity contribution >= 4 is 17.4 Å². The summed E-state index contributed by atoms with van der Waals surface area (Å²) >= 11 is 1.96. The number of para-hydroxylation sites is 1. The number of benzene rings is 2. The second-order valence-corrected chi connectivity index (χ2v) is 6.28. The highest BCUT2D eigenvalue weighted by molar-refractivity contribution is 7.99. The fourth-order valence-corrected chi connectivity index (χ4v) is 3.94. The Morgan fingerprint density at radius 2 is 1.79 bits per heavy atom. The summed E-state index contributed by atoms with van der Waals surface area (Å²) in [6.07, 6.45) is 0. The lowest BCUT2D eigenvalue weighted by Crippen LogP contribution is -2.26. The summed E-state index contributed by atoms with van der Waals surface area (Å²) in [7, 11) is 0. The minimum atomic E-state index is 1.02. The van der Waals surface area contributed by atoms with Gasteiger partial charge in [0.05, 0.1) is 5.88 Å². The minimum Gasteiger partial charge on any atom is -0.357 e. The average molecular weight is 269 g/mol. The van der Waals surface area contributed by atoms with Gasteiger partial charge in [0.1, 0.15) is 0 Å². The van der Waals surface area contributed by atoms with E-state index in [2.05, 4.69) is 62.1 Å². The molecule has 1 nitrogen and oxygen atoms in total. The summed E-state index contributed by atoms with van der Waals surface area (Å²) in [4.78, 5) is 3.96. The molecule has 0 aromatic heterocycles. The van der Waals surface area contributed by atoms with Crippen molar-refractivity contribution in [3.63, 3.8) is 0 Å². The second-order valence-electron chi connectivity index (χ2n) is 5.33. The molecule has 2 aromatic carbocycles. The SMILES string of the molecule is Cc1cc(C)c2c(c1)CN(c1ccccc1C)CS2. The lowest BCUT2D eigenvalue weighted by molar-refractivity contribution is 0.854. The average Bonchev–Trinajstić information content (AvgIpc) is 2.38. The standard InChI is InChI=1S/C17H19NS/c1-12-8-14(3)17-15(9-12)10-18(11-19-17)16-7-5-4-6-13(16)2/h4-9H,10-11H2,1-3H3. The molecule has 3 rings (SSSR count). The Bertz CT molecular complexity index is 619. The van der Waals surface area contributed by atoms with Crippen LogP contribution < -0.4 is 4.90 Å². The van der Waals surface area contributed by atoms with E-state index in [4.69, 9.17) is 0 Å². The van der Waals surface area contributed by atoms with Gasteiger partial charge in [0.2, 0.25) is 0 Å². The van der Waals surface area contributed by atoms with E-state index in [-0.39, 0.29) is 0 Å². The van der Waals surface area contributed by atoms with Gasteiger partial charge in [-0.2, -0.15) is 0 Å². The van der Waals surface area contributed by atoms with Gasteiger partial charge >= 0.3 is 0 Å². The van der Waals surface area contributed by atoms with Crippen LogP contribution >= 0.6 is 11.8 Å². The smallest absolute Gasteiger partial charge is 0.0689 e. The lowest BCUT2D eigenvalue weighted by Gasteiger charge is -2.32. The van der Waals surface area contributed by atoms with E-state index in [0.717, 1.165) is 12.4 Å². The maximum Gasteiger partial charge on any atom is 0.0689 e. The Morgan fingerprint density at radius 1 is 1.00 bits per heavy atom. The van der Waals surface area contributed by atoms with E-state index in [1.54, 1.807) is 0 Å². The fourth-order valence-electron chi connectivity index (χ4n) is 2.83. The molecule has 0 atom stereocenters. The number of hydrogen-bond acceptors (Lipinski definition) is 2. The fraction of sp³-hybridized carbons (Fsp3) is 0.294. The van der Waals surface area contributed by atoms with Crippen molar-refractivity contribution in [2.45, 2.75) is 32.2 Å². The molecule has 98 valence electrons. The third-order valence-electron chi connectivity index (χ3n) is 3.68. The highest BCUT2D eigenvalue weighted by atomic mass is 32.2. The zero-order valence-corrected chi connectivity index (χ0v) is 12.6. The quantitative estimate of drug-likeness (QED) is 0.739. The van der Waals surface area contributed by atoms with Crippen molar-refractivity contribution < 1.29 is 0 Å². The first kappa shape index (κ1) is 12.6. The van der Waals surface area contributed by atoms with Gasteiger partial charge in [-0.05, 0) is 43.5 Å². The van der Waals surface area contributed by atoms with Crippen LogP contribution in [-0.4, -0.2) is 5.88 Å². The van der Waals surface area contributed by atoms with Crippen molar-refractivity contribution in [2.24, 2.45) is 0 Å². The number of anilines is 1. The van der Waals surface area contributed by atoms with Crippen LogP contribution in [0.5, 0.6) is 0 Å². The maximum atomic E-state index is 2.47. The van der Waals surface area contributed by atoms with Crippen molar-refractivity contribution in [1.29, 1.82) is 0 Å². The van der Waals surface area contributed by atoms with Gasteiger partial charge in [-0.25, -0.2) is 0 Å². The second kappa shape index (κ2) is 4.93. The van der Waals surface area contributed by atoms with Crippen LogP contribution in [0.4, 0.5) is 5.69 Å². The molecular weight excluding hydrogens is 250 g/mol. The van der Waals surface area contributed by atoms with E-state index in [9.17, 15) is 0 Å². The number of nitrogens with zero attached hydrogens (tertiary/aromatic N) is 1.